The topological polar surface area (TPSA) is 18.5 Å². The van der Waals surface area contributed by atoms with E-state index in [1.807, 2.05) is 0 Å². The molecule has 0 bridgehead atoms. The molecule has 2 aliphatic heterocycles. The molecule has 0 atom stereocenters. The zero-order valence-corrected chi connectivity index (χ0v) is 13.7. The third kappa shape index (κ3) is 4.12. The highest BCUT2D eigenvalue weighted by atomic mass is 32.2. The van der Waals surface area contributed by atoms with Crippen molar-refractivity contribution in [3.8, 4) is 0 Å². The Hall–Kier alpha value is 0.230. The lowest BCUT2D eigenvalue weighted by molar-refractivity contribution is 0.149. The largest absolute Gasteiger partial charge is 0.310 e. The molecule has 4 heteroatoms. The van der Waals surface area contributed by atoms with Crippen LogP contribution in [0.5, 0.6) is 0 Å². The monoisotopic (exact) mass is 297 g/mol. The molecule has 3 nitrogen and oxygen atoms in total. The number of nitrogens with one attached hydrogen (secondary N) is 1. The lowest BCUT2D eigenvalue weighted by atomic mass is 9.81. The molecule has 1 aliphatic carbocycles. The van der Waals surface area contributed by atoms with E-state index in [-0.39, 0.29) is 0 Å². The molecule has 2 saturated heterocycles. The van der Waals surface area contributed by atoms with Gasteiger partial charge in [0, 0.05) is 49.8 Å². The number of thioether (sulfide) groups is 1. The summed E-state index contributed by atoms with van der Waals surface area (Å²) in [6, 6.07) is 0. The van der Waals surface area contributed by atoms with Gasteiger partial charge in [-0.1, -0.05) is 19.3 Å². The zero-order valence-electron chi connectivity index (χ0n) is 12.9. The summed E-state index contributed by atoms with van der Waals surface area (Å²) in [5, 5.41) is 3.91. The molecule has 0 amide bonds. The summed E-state index contributed by atoms with van der Waals surface area (Å²) in [7, 11) is 0. The lowest BCUT2D eigenvalue weighted by Crippen LogP contribution is -2.53. The van der Waals surface area contributed by atoms with Gasteiger partial charge in [0.1, 0.15) is 0 Å². The molecule has 2 heterocycles. The highest BCUT2D eigenvalue weighted by Gasteiger charge is 2.34. The first-order valence-electron chi connectivity index (χ1n) is 8.64. The van der Waals surface area contributed by atoms with Crippen LogP contribution < -0.4 is 5.32 Å². The summed E-state index contributed by atoms with van der Waals surface area (Å²) in [5.41, 5.74) is 0.465. The van der Waals surface area contributed by atoms with Crippen LogP contribution in [0.4, 0.5) is 0 Å². The highest BCUT2D eigenvalue weighted by molar-refractivity contribution is 7.99. The molecule has 20 heavy (non-hydrogen) atoms. The van der Waals surface area contributed by atoms with E-state index in [4.69, 9.17) is 0 Å². The van der Waals surface area contributed by atoms with Gasteiger partial charge in [-0.15, -0.1) is 0 Å². The van der Waals surface area contributed by atoms with Crippen molar-refractivity contribution < 1.29 is 0 Å². The minimum atomic E-state index is 0.465. The van der Waals surface area contributed by atoms with Crippen LogP contribution >= 0.6 is 11.8 Å². The van der Waals surface area contributed by atoms with Crippen molar-refractivity contribution in [2.75, 3.05) is 57.3 Å². The zero-order chi connectivity index (χ0) is 13.7. The number of hydrogen-bond acceptors (Lipinski definition) is 4. The summed E-state index contributed by atoms with van der Waals surface area (Å²) < 4.78 is 0. The number of nitrogens with zero attached hydrogens (tertiary/aromatic N) is 2. The van der Waals surface area contributed by atoms with Gasteiger partial charge < -0.3 is 15.1 Å². The molecule has 1 N–H and O–H groups in total. The quantitative estimate of drug-likeness (QED) is 0.859. The predicted molar refractivity (Wildman–Crippen MR) is 88.6 cm³/mol. The van der Waals surface area contributed by atoms with Crippen molar-refractivity contribution in [2.24, 2.45) is 0 Å². The minimum absolute atomic E-state index is 0.465. The minimum Gasteiger partial charge on any atom is -0.310 e. The molecular formula is C16H31N3S. The van der Waals surface area contributed by atoms with Crippen molar-refractivity contribution in [3.63, 3.8) is 0 Å². The molecular weight excluding hydrogens is 266 g/mol. The predicted octanol–water partition coefficient (Wildman–Crippen LogP) is 2.03. The standard InChI is InChI=1S/C16H31N3S/c1-2-5-16(6-3-1)15-19(8-4-7-17-16)10-9-18-11-13-20-14-12-18/h17H,1-15H2. The Morgan fingerprint density at radius 2 is 1.60 bits per heavy atom. The molecule has 3 aliphatic rings. The molecule has 0 radical (unpaired) electrons. The van der Waals surface area contributed by atoms with Crippen LogP contribution in [0.3, 0.4) is 0 Å². The number of rotatable bonds is 3. The first-order chi connectivity index (χ1) is 9.86. The Kier molecular flexibility index (Phi) is 5.66. The van der Waals surface area contributed by atoms with Crippen LogP contribution in [-0.2, 0) is 0 Å². The van der Waals surface area contributed by atoms with Crippen LogP contribution in [-0.4, -0.2) is 72.7 Å². The van der Waals surface area contributed by atoms with E-state index in [2.05, 4.69) is 26.9 Å². The van der Waals surface area contributed by atoms with Crippen molar-refractivity contribution in [1.29, 1.82) is 0 Å². The molecule has 1 saturated carbocycles. The van der Waals surface area contributed by atoms with E-state index in [1.165, 1.54) is 95.8 Å². The van der Waals surface area contributed by atoms with E-state index in [9.17, 15) is 0 Å². The van der Waals surface area contributed by atoms with Crippen molar-refractivity contribution in [3.05, 3.63) is 0 Å². The van der Waals surface area contributed by atoms with Gasteiger partial charge in [-0.25, -0.2) is 0 Å². The summed E-state index contributed by atoms with van der Waals surface area (Å²) in [6.07, 6.45) is 8.47. The average Bonchev–Trinajstić information content (AvgIpc) is 2.70. The molecule has 3 rings (SSSR count). The maximum Gasteiger partial charge on any atom is 0.0308 e. The van der Waals surface area contributed by atoms with E-state index in [0.717, 1.165) is 0 Å². The second-order valence-corrected chi connectivity index (χ2v) is 8.08. The van der Waals surface area contributed by atoms with Crippen molar-refractivity contribution in [1.82, 2.24) is 15.1 Å². The fourth-order valence-electron chi connectivity index (χ4n) is 4.08. The Balaban J connectivity index is 1.49. The fraction of sp³-hybridized carbons (Fsp3) is 1.00. The fourth-order valence-corrected chi connectivity index (χ4v) is 5.06. The van der Waals surface area contributed by atoms with Gasteiger partial charge in [0.2, 0.25) is 0 Å². The molecule has 0 unspecified atom stereocenters. The average molecular weight is 298 g/mol. The van der Waals surface area contributed by atoms with E-state index in [0.29, 0.717) is 5.54 Å². The van der Waals surface area contributed by atoms with Gasteiger partial charge in [-0.05, 0) is 32.4 Å². The molecule has 0 aromatic carbocycles. The van der Waals surface area contributed by atoms with Crippen LogP contribution in [0.25, 0.3) is 0 Å². The first kappa shape index (κ1) is 15.1. The third-order valence-electron chi connectivity index (χ3n) is 5.32. The normalized spacial score (nSPS) is 29.4. The van der Waals surface area contributed by atoms with Crippen molar-refractivity contribution >= 4 is 11.8 Å². The second kappa shape index (κ2) is 7.48. The first-order valence-corrected chi connectivity index (χ1v) is 9.79. The lowest BCUT2D eigenvalue weighted by Gasteiger charge is -2.40. The molecule has 0 aromatic heterocycles. The van der Waals surface area contributed by atoms with Crippen LogP contribution in [0.1, 0.15) is 38.5 Å². The van der Waals surface area contributed by atoms with Gasteiger partial charge in [-0.3, -0.25) is 0 Å². The second-order valence-electron chi connectivity index (χ2n) is 6.85. The summed E-state index contributed by atoms with van der Waals surface area (Å²) in [5.74, 6) is 2.68. The Bertz CT molecular complexity index is 285. The molecule has 3 fully saturated rings. The van der Waals surface area contributed by atoms with E-state index < -0.39 is 0 Å². The van der Waals surface area contributed by atoms with Crippen LogP contribution in [0, 0.1) is 0 Å². The summed E-state index contributed by atoms with van der Waals surface area (Å²) in [6.45, 7) is 9.03. The Morgan fingerprint density at radius 3 is 2.40 bits per heavy atom. The Morgan fingerprint density at radius 1 is 0.850 bits per heavy atom. The van der Waals surface area contributed by atoms with E-state index in [1.54, 1.807) is 0 Å². The van der Waals surface area contributed by atoms with Gasteiger partial charge in [0.15, 0.2) is 0 Å². The van der Waals surface area contributed by atoms with Crippen LogP contribution in [0.15, 0.2) is 0 Å². The third-order valence-corrected chi connectivity index (χ3v) is 6.27. The van der Waals surface area contributed by atoms with Gasteiger partial charge in [0.05, 0.1) is 0 Å². The molecule has 0 aromatic rings. The molecule has 116 valence electrons. The van der Waals surface area contributed by atoms with Gasteiger partial charge in [-0.2, -0.15) is 11.8 Å². The van der Waals surface area contributed by atoms with Gasteiger partial charge >= 0.3 is 0 Å². The molecule has 1 spiro atoms. The highest BCUT2D eigenvalue weighted by Crippen LogP contribution is 2.30. The maximum absolute atomic E-state index is 3.91. The Labute approximate surface area is 128 Å². The van der Waals surface area contributed by atoms with Crippen LogP contribution in [0.2, 0.25) is 0 Å². The van der Waals surface area contributed by atoms with Gasteiger partial charge in [0.25, 0.3) is 0 Å². The summed E-state index contributed by atoms with van der Waals surface area (Å²) in [4.78, 5) is 5.43. The van der Waals surface area contributed by atoms with E-state index >= 15 is 0 Å². The smallest absolute Gasteiger partial charge is 0.0308 e. The summed E-state index contributed by atoms with van der Waals surface area (Å²) >= 11 is 2.12. The number of hydrogen-bond donors (Lipinski definition) is 1. The maximum atomic E-state index is 3.91. The SMILES string of the molecule is C1CCC2(CC1)CN(CCN1CCSCC1)CCCN2. The van der Waals surface area contributed by atoms with Crippen molar-refractivity contribution in [2.45, 2.75) is 44.1 Å².